The lowest BCUT2D eigenvalue weighted by Gasteiger charge is -2.22. The number of aliphatic hydroxyl groups excluding tert-OH is 1. The second-order valence-electron chi connectivity index (χ2n) is 7.26. The monoisotopic (exact) mass is 378 g/mol. The molecule has 144 valence electrons. The number of primary amides is 1. The highest BCUT2D eigenvalue weighted by Gasteiger charge is 2.33. The second-order valence-corrected chi connectivity index (χ2v) is 7.26. The van der Waals surface area contributed by atoms with Gasteiger partial charge in [-0.3, -0.25) is 4.79 Å². The summed E-state index contributed by atoms with van der Waals surface area (Å²) in [6.07, 6.45) is 0.589. The van der Waals surface area contributed by atoms with Gasteiger partial charge in [0.2, 0.25) is 5.91 Å². The van der Waals surface area contributed by atoms with Crippen LogP contribution in [0.2, 0.25) is 0 Å². The molecular formula is C22H22N2O4. The van der Waals surface area contributed by atoms with E-state index >= 15 is 0 Å². The molecular weight excluding hydrogens is 356 g/mol. The van der Waals surface area contributed by atoms with Gasteiger partial charge in [0, 0.05) is 28.7 Å². The number of rotatable bonds is 5. The van der Waals surface area contributed by atoms with Crippen molar-refractivity contribution < 1.29 is 19.8 Å². The molecule has 2 unspecified atom stereocenters. The molecule has 6 heteroatoms. The van der Waals surface area contributed by atoms with Gasteiger partial charge in [-0.1, -0.05) is 42.5 Å². The number of aliphatic hydroxyl groups is 1. The normalized spacial score (nSPS) is 17.2. The van der Waals surface area contributed by atoms with Gasteiger partial charge in [-0.05, 0) is 36.5 Å². The highest BCUT2D eigenvalue weighted by molar-refractivity contribution is 5.97. The fourth-order valence-electron chi connectivity index (χ4n) is 4.37. The highest BCUT2D eigenvalue weighted by atomic mass is 16.4. The van der Waals surface area contributed by atoms with E-state index in [1.165, 1.54) is 0 Å². The lowest BCUT2D eigenvalue weighted by atomic mass is 9.83. The summed E-state index contributed by atoms with van der Waals surface area (Å²) >= 11 is 0. The first kappa shape index (κ1) is 18.3. The minimum Gasteiger partial charge on any atom is -0.479 e. The summed E-state index contributed by atoms with van der Waals surface area (Å²) in [5.74, 6) is -2.21. The molecule has 1 amide bonds. The molecule has 4 rings (SSSR count). The maximum atomic E-state index is 12.2. The number of benzene rings is 2. The quantitative estimate of drug-likeness (QED) is 0.635. The molecule has 1 aliphatic carbocycles. The number of carbonyl (C=O) groups is 2. The van der Waals surface area contributed by atoms with E-state index in [9.17, 15) is 19.8 Å². The van der Waals surface area contributed by atoms with E-state index in [-0.39, 0.29) is 0 Å². The van der Waals surface area contributed by atoms with E-state index < -0.39 is 23.9 Å². The van der Waals surface area contributed by atoms with Crippen LogP contribution < -0.4 is 5.73 Å². The van der Waals surface area contributed by atoms with Gasteiger partial charge in [-0.2, -0.15) is 0 Å². The van der Waals surface area contributed by atoms with Crippen LogP contribution >= 0.6 is 0 Å². The number of hydrogen-bond donors (Lipinski definition) is 3. The smallest absolute Gasteiger partial charge is 0.337 e. The molecule has 1 heterocycles. The first-order valence-electron chi connectivity index (χ1n) is 9.37. The molecule has 6 nitrogen and oxygen atoms in total. The van der Waals surface area contributed by atoms with Gasteiger partial charge in [0.15, 0.2) is 6.10 Å². The Labute approximate surface area is 162 Å². The van der Waals surface area contributed by atoms with Gasteiger partial charge in [0.05, 0.1) is 5.92 Å². The summed E-state index contributed by atoms with van der Waals surface area (Å²) in [6, 6.07) is 15.2. The van der Waals surface area contributed by atoms with Crippen LogP contribution in [-0.2, 0) is 22.6 Å². The van der Waals surface area contributed by atoms with Gasteiger partial charge in [0.1, 0.15) is 0 Å². The zero-order valence-corrected chi connectivity index (χ0v) is 15.3. The fourth-order valence-corrected chi connectivity index (χ4v) is 4.37. The van der Waals surface area contributed by atoms with E-state index in [2.05, 4.69) is 4.57 Å². The maximum Gasteiger partial charge on any atom is 0.337 e. The standard InChI is InChI=1S/C22H22N2O4/c23-21(26)15-9-5-11-17-19(15)18-14(20(25)22(27)28)8-4-10-16(18)24(17)12-13-6-2-1-3-7-13/h1-4,6-8,10,15,20,25H,5,9,11-12H2,(H2,23,26)(H,27,28). The van der Waals surface area contributed by atoms with Gasteiger partial charge in [0.25, 0.3) is 0 Å². The lowest BCUT2D eigenvalue weighted by molar-refractivity contribution is -0.146. The summed E-state index contributed by atoms with van der Waals surface area (Å²) in [7, 11) is 0. The third kappa shape index (κ3) is 2.96. The topological polar surface area (TPSA) is 106 Å². The largest absolute Gasteiger partial charge is 0.479 e. The Morgan fingerprint density at radius 1 is 1.14 bits per heavy atom. The molecule has 0 radical (unpaired) electrons. The van der Waals surface area contributed by atoms with Crippen molar-refractivity contribution in [1.82, 2.24) is 4.57 Å². The number of nitrogens with zero attached hydrogens (tertiary/aromatic N) is 1. The third-order valence-corrected chi connectivity index (χ3v) is 5.58. The Kier molecular flexibility index (Phi) is 4.65. The Morgan fingerprint density at radius 2 is 1.89 bits per heavy atom. The van der Waals surface area contributed by atoms with E-state index in [0.717, 1.165) is 35.2 Å². The molecule has 1 aliphatic rings. The van der Waals surface area contributed by atoms with Crippen LogP contribution in [0.5, 0.6) is 0 Å². The Balaban J connectivity index is 2.01. The predicted octanol–water partition coefficient (Wildman–Crippen LogP) is 2.71. The second kappa shape index (κ2) is 7.13. The molecule has 2 aromatic carbocycles. The van der Waals surface area contributed by atoms with Crippen molar-refractivity contribution in [2.45, 2.75) is 37.8 Å². The number of amides is 1. The van der Waals surface area contributed by atoms with Crippen LogP contribution in [0.25, 0.3) is 10.9 Å². The summed E-state index contributed by atoms with van der Waals surface area (Å²) in [6.45, 7) is 0.602. The molecule has 0 saturated carbocycles. The van der Waals surface area contributed by atoms with Crippen LogP contribution in [0.1, 0.15) is 47.2 Å². The van der Waals surface area contributed by atoms with Gasteiger partial charge in [-0.15, -0.1) is 0 Å². The van der Waals surface area contributed by atoms with Crippen LogP contribution in [0.4, 0.5) is 0 Å². The minimum absolute atomic E-state index is 0.307. The van der Waals surface area contributed by atoms with Crippen molar-refractivity contribution in [3.05, 3.63) is 70.9 Å². The molecule has 28 heavy (non-hydrogen) atoms. The number of carboxylic acid groups (broad SMARTS) is 1. The zero-order valence-electron chi connectivity index (χ0n) is 15.3. The number of aromatic nitrogens is 1. The number of carboxylic acids is 1. The molecule has 2 atom stereocenters. The zero-order chi connectivity index (χ0) is 19.8. The Bertz CT molecular complexity index is 1060. The summed E-state index contributed by atoms with van der Waals surface area (Å²) < 4.78 is 2.13. The predicted molar refractivity (Wildman–Crippen MR) is 105 cm³/mol. The molecule has 1 aromatic heterocycles. The van der Waals surface area contributed by atoms with Crippen LogP contribution in [0, 0.1) is 0 Å². The summed E-state index contributed by atoms with van der Waals surface area (Å²) in [5, 5.41) is 20.3. The molecule has 0 fully saturated rings. The van der Waals surface area contributed by atoms with Crippen molar-refractivity contribution in [3.63, 3.8) is 0 Å². The lowest BCUT2D eigenvalue weighted by Crippen LogP contribution is -2.25. The van der Waals surface area contributed by atoms with Crippen molar-refractivity contribution in [1.29, 1.82) is 0 Å². The summed E-state index contributed by atoms with van der Waals surface area (Å²) in [4.78, 5) is 23.7. The maximum absolute atomic E-state index is 12.2. The number of carbonyl (C=O) groups excluding carboxylic acids is 1. The van der Waals surface area contributed by atoms with Crippen LogP contribution in [0.15, 0.2) is 48.5 Å². The molecule has 0 bridgehead atoms. The first-order valence-corrected chi connectivity index (χ1v) is 9.37. The number of fused-ring (bicyclic) bond motifs is 3. The SMILES string of the molecule is NC(=O)C1CCCc2c1c1c(C(O)C(=O)O)cccc1n2Cc1ccccc1. The van der Waals surface area contributed by atoms with Gasteiger partial charge in [-0.25, -0.2) is 4.79 Å². The minimum atomic E-state index is -1.66. The van der Waals surface area contributed by atoms with E-state index in [0.29, 0.717) is 23.9 Å². The Morgan fingerprint density at radius 3 is 2.57 bits per heavy atom. The average Bonchev–Trinajstić information content (AvgIpc) is 3.02. The molecule has 4 N–H and O–H groups in total. The molecule has 0 saturated heterocycles. The van der Waals surface area contributed by atoms with E-state index in [4.69, 9.17) is 5.73 Å². The van der Waals surface area contributed by atoms with Crippen molar-refractivity contribution in [2.24, 2.45) is 5.73 Å². The number of hydrogen-bond acceptors (Lipinski definition) is 3. The number of aliphatic carboxylic acids is 1. The molecule has 0 aliphatic heterocycles. The molecule has 3 aromatic rings. The number of nitrogens with two attached hydrogens (primary N) is 1. The fraction of sp³-hybridized carbons (Fsp3) is 0.273. The van der Waals surface area contributed by atoms with Gasteiger partial charge >= 0.3 is 5.97 Å². The summed E-state index contributed by atoms with van der Waals surface area (Å²) in [5.41, 5.74) is 9.70. The first-order chi connectivity index (χ1) is 13.5. The van der Waals surface area contributed by atoms with Crippen molar-refractivity contribution in [3.8, 4) is 0 Å². The van der Waals surface area contributed by atoms with Gasteiger partial charge < -0.3 is 20.5 Å². The highest BCUT2D eigenvalue weighted by Crippen LogP contribution is 2.42. The van der Waals surface area contributed by atoms with Crippen molar-refractivity contribution >= 4 is 22.8 Å². The Hall–Kier alpha value is -3.12. The van der Waals surface area contributed by atoms with Crippen molar-refractivity contribution in [2.75, 3.05) is 0 Å². The average molecular weight is 378 g/mol. The van der Waals surface area contributed by atoms with Crippen LogP contribution in [0.3, 0.4) is 0 Å². The van der Waals surface area contributed by atoms with E-state index in [1.54, 1.807) is 12.1 Å². The van der Waals surface area contributed by atoms with Crippen LogP contribution in [-0.4, -0.2) is 26.7 Å². The van der Waals surface area contributed by atoms with E-state index in [1.807, 2.05) is 36.4 Å². The third-order valence-electron chi connectivity index (χ3n) is 5.58. The molecule has 0 spiro atoms.